The lowest BCUT2D eigenvalue weighted by atomic mass is 9.74. The van der Waals surface area contributed by atoms with Crippen LogP contribution in [0.5, 0.6) is 0 Å². The second kappa shape index (κ2) is 7.36. The van der Waals surface area contributed by atoms with Crippen molar-refractivity contribution in [3.05, 3.63) is 52.2 Å². The minimum Gasteiger partial charge on any atom is -0.323 e. The number of carbonyl (C=O) groups is 2. The Morgan fingerprint density at radius 2 is 2.04 bits per heavy atom. The monoisotopic (exact) mass is 388 g/mol. The smallest absolute Gasteiger partial charge is 0.322 e. The predicted molar refractivity (Wildman–Crippen MR) is 99.6 cm³/mol. The van der Waals surface area contributed by atoms with Crippen LogP contribution in [0.15, 0.2) is 35.8 Å². The fourth-order valence-electron chi connectivity index (χ4n) is 4.11. The van der Waals surface area contributed by atoms with Crippen molar-refractivity contribution in [1.82, 2.24) is 20.5 Å². The number of benzene rings is 1. The largest absolute Gasteiger partial charge is 0.323 e. The molecule has 0 bridgehead atoms. The summed E-state index contributed by atoms with van der Waals surface area (Å²) in [6, 6.07) is 5.93. The molecule has 2 aromatic rings. The summed E-state index contributed by atoms with van der Waals surface area (Å²) in [4.78, 5) is 31.3. The van der Waals surface area contributed by atoms with Crippen molar-refractivity contribution >= 4 is 23.3 Å². The number of urea groups is 1. The number of aromatic nitrogens is 1. The second-order valence-electron chi connectivity index (χ2n) is 7.12. The summed E-state index contributed by atoms with van der Waals surface area (Å²) in [5.41, 5.74) is -0.646. The molecule has 142 valence electrons. The van der Waals surface area contributed by atoms with E-state index in [0.717, 1.165) is 37.5 Å². The van der Waals surface area contributed by atoms with Crippen LogP contribution in [-0.4, -0.2) is 40.5 Å². The van der Waals surface area contributed by atoms with Gasteiger partial charge in [0.2, 0.25) is 0 Å². The van der Waals surface area contributed by atoms with Gasteiger partial charge in [-0.25, -0.2) is 14.2 Å². The Bertz CT molecular complexity index is 836. The van der Waals surface area contributed by atoms with Crippen LogP contribution in [0.3, 0.4) is 0 Å². The third-order valence-electron chi connectivity index (χ3n) is 5.52. The lowest BCUT2D eigenvalue weighted by Gasteiger charge is -2.40. The zero-order valence-corrected chi connectivity index (χ0v) is 15.6. The van der Waals surface area contributed by atoms with Gasteiger partial charge in [-0.05, 0) is 43.5 Å². The Hall–Kier alpha value is -2.32. The SMILES string of the molecule is O=C1NC(=O)C(Cc2ccccc2F)(C2CCN(Cc3nccs3)CC2)N1. The fraction of sp³-hybridized carbons (Fsp3) is 0.421. The van der Waals surface area contributed by atoms with Gasteiger partial charge in [0.05, 0.1) is 6.54 Å². The summed E-state index contributed by atoms with van der Waals surface area (Å²) < 4.78 is 14.2. The lowest BCUT2D eigenvalue weighted by molar-refractivity contribution is -0.126. The van der Waals surface area contributed by atoms with E-state index in [1.54, 1.807) is 35.7 Å². The lowest BCUT2D eigenvalue weighted by Crippen LogP contribution is -2.57. The highest BCUT2D eigenvalue weighted by molar-refractivity contribution is 7.09. The molecule has 0 saturated carbocycles. The first-order valence-corrected chi connectivity index (χ1v) is 9.92. The molecule has 2 aliphatic heterocycles. The van der Waals surface area contributed by atoms with E-state index < -0.39 is 11.6 Å². The van der Waals surface area contributed by atoms with Gasteiger partial charge in [0.1, 0.15) is 16.4 Å². The van der Waals surface area contributed by atoms with Crippen molar-refractivity contribution in [2.45, 2.75) is 31.3 Å². The average molecular weight is 388 g/mol. The van der Waals surface area contributed by atoms with Crippen molar-refractivity contribution in [3.63, 3.8) is 0 Å². The minimum absolute atomic E-state index is 0.0453. The average Bonchev–Trinajstić information content (AvgIpc) is 3.26. The zero-order chi connectivity index (χ0) is 18.9. The Morgan fingerprint density at radius 1 is 1.26 bits per heavy atom. The first kappa shape index (κ1) is 18.1. The summed E-state index contributed by atoms with van der Waals surface area (Å²) in [7, 11) is 0. The summed E-state index contributed by atoms with van der Waals surface area (Å²) in [5, 5.41) is 8.22. The Morgan fingerprint density at radius 3 is 2.67 bits per heavy atom. The molecule has 8 heteroatoms. The molecule has 3 amide bonds. The van der Waals surface area contributed by atoms with Gasteiger partial charge in [-0.15, -0.1) is 11.3 Å². The van der Waals surface area contributed by atoms with Crippen LogP contribution in [0.1, 0.15) is 23.4 Å². The van der Waals surface area contributed by atoms with Crippen LogP contribution in [0.25, 0.3) is 0 Å². The van der Waals surface area contributed by atoms with Gasteiger partial charge >= 0.3 is 6.03 Å². The highest BCUT2D eigenvalue weighted by Gasteiger charge is 2.52. The van der Waals surface area contributed by atoms with Crippen LogP contribution in [-0.2, 0) is 17.8 Å². The molecule has 3 heterocycles. The third-order valence-corrected chi connectivity index (χ3v) is 6.29. The van der Waals surface area contributed by atoms with Gasteiger partial charge in [0, 0.05) is 18.0 Å². The van der Waals surface area contributed by atoms with Gasteiger partial charge < -0.3 is 5.32 Å². The molecule has 2 fully saturated rings. The molecule has 27 heavy (non-hydrogen) atoms. The molecular weight excluding hydrogens is 367 g/mol. The number of nitrogens with zero attached hydrogens (tertiary/aromatic N) is 2. The molecule has 2 saturated heterocycles. The zero-order valence-electron chi connectivity index (χ0n) is 14.8. The number of imide groups is 1. The van der Waals surface area contributed by atoms with Crippen molar-refractivity contribution in [2.75, 3.05) is 13.1 Å². The molecule has 4 rings (SSSR count). The molecule has 0 spiro atoms. The predicted octanol–water partition coefficient (Wildman–Crippen LogP) is 2.32. The molecule has 1 unspecified atom stereocenters. The van der Waals surface area contributed by atoms with Gasteiger partial charge in [-0.1, -0.05) is 18.2 Å². The third kappa shape index (κ3) is 3.59. The molecule has 1 aromatic heterocycles. The van der Waals surface area contributed by atoms with Crippen LogP contribution in [0.2, 0.25) is 0 Å². The molecule has 6 nitrogen and oxygen atoms in total. The Balaban J connectivity index is 1.51. The summed E-state index contributed by atoms with van der Waals surface area (Å²) in [6.45, 7) is 2.42. The number of likely N-dealkylation sites (tertiary alicyclic amines) is 1. The standard InChI is InChI=1S/C19H21FN4O2S/c20-15-4-2-1-3-13(15)11-19(17(25)22-18(26)23-19)14-5-8-24(9-6-14)12-16-21-7-10-27-16/h1-4,7,10,14H,5-6,8-9,11-12H2,(H2,22,23,25,26). The second-order valence-corrected chi connectivity index (χ2v) is 8.10. The van der Waals surface area contributed by atoms with Crippen LogP contribution >= 0.6 is 11.3 Å². The number of carbonyl (C=O) groups excluding carboxylic acids is 2. The summed E-state index contributed by atoms with van der Waals surface area (Å²) in [5.74, 6) is -0.753. The summed E-state index contributed by atoms with van der Waals surface area (Å²) in [6.07, 6.45) is 3.48. The van der Waals surface area contributed by atoms with E-state index in [9.17, 15) is 14.0 Å². The molecule has 0 aliphatic carbocycles. The number of nitrogens with one attached hydrogen (secondary N) is 2. The quantitative estimate of drug-likeness (QED) is 0.771. The molecule has 2 aliphatic rings. The van der Waals surface area contributed by atoms with E-state index in [0.29, 0.717) is 5.56 Å². The van der Waals surface area contributed by atoms with Crippen LogP contribution in [0.4, 0.5) is 9.18 Å². The number of amides is 3. The molecule has 2 N–H and O–H groups in total. The normalized spacial score (nSPS) is 24.0. The maximum atomic E-state index is 14.2. The number of hydrogen-bond donors (Lipinski definition) is 2. The van der Waals surface area contributed by atoms with Crippen molar-refractivity contribution in [2.24, 2.45) is 5.92 Å². The van der Waals surface area contributed by atoms with Gasteiger partial charge in [0.25, 0.3) is 5.91 Å². The Labute approximate surface area is 160 Å². The highest BCUT2D eigenvalue weighted by Crippen LogP contribution is 2.34. The molecular formula is C19H21FN4O2S. The topological polar surface area (TPSA) is 74.3 Å². The maximum Gasteiger partial charge on any atom is 0.322 e. The van der Waals surface area contributed by atoms with Crippen molar-refractivity contribution in [1.29, 1.82) is 0 Å². The van der Waals surface area contributed by atoms with E-state index >= 15 is 0 Å². The van der Waals surface area contributed by atoms with Crippen molar-refractivity contribution in [3.8, 4) is 0 Å². The Kier molecular flexibility index (Phi) is 4.92. The van der Waals surface area contributed by atoms with E-state index in [1.807, 2.05) is 5.38 Å². The van der Waals surface area contributed by atoms with E-state index in [1.165, 1.54) is 6.07 Å². The van der Waals surface area contributed by atoms with Crippen LogP contribution < -0.4 is 10.6 Å². The van der Waals surface area contributed by atoms with Crippen LogP contribution in [0, 0.1) is 11.7 Å². The highest BCUT2D eigenvalue weighted by atomic mass is 32.1. The van der Waals surface area contributed by atoms with Gasteiger partial charge in [-0.3, -0.25) is 15.0 Å². The van der Waals surface area contributed by atoms with E-state index in [4.69, 9.17) is 0 Å². The van der Waals surface area contributed by atoms with Crippen molar-refractivity contribution < 1.29 is 14.0 Å². The fourth-order valence-corrected chi connectivity index (χ4v) is 4.77. The molecule has 1 atom stereocenters. The number of halogens is 1. The van der Waals surface area contributed by atoms with E-state index in [-0.39, 0.29) is 24.1 Å². The summed E-state index contributed by atoms with van der Waals surface area (Å²) >= 11 is 1.63. The number of thiazole rings is 1. The van der Waals surface area contributed by atoms with E-state index in [2.05, 4.69) is 20.5 Å². The molecule has 1 aromatic carbocycles. The first-order chi connectivity index (χ1) is 13.1. The number of hydrogen-bond acceptors (Lipinski definition) is 5. The minimum atomic E-state index is -1.09. The van der Waals surface area contributed by atoms with Gasteiger partial charge in [0.15, 0.2) is 0 Å². The molecule has 0 radical (unpaired) electrons. The maximum absolute atomic E-state index is 14.2. The first-order valence-electron chi connectivity index (χ1n) is 9.04. The van der Waals surface area contributed by atoms with Gasteiger partial charge in [-0.2, -0.15) is 0 Å². The number of piperidine rings is 1. The number of rotatable bonds is 5.